The molecular formula is C24H28N8O2. The summed E-state index contributed by atoms with van der Waals surface area (Å²) >= 11 is 0. The maximum atomic E-state index is 9.44. The third-order valence-electron chi connectivity index (χ3n) is 6.67. The van der Waals surface area contributed by atoms with Crippen molar-refractivity contribution in [2.45, 2.75) is 25.2 Å². The second kappa shape index (κ2) is 10.4. The highest BCUT2D eigenvalue weighted by molar-refractivity contribution is 5.45. The average Bonchev–Trinajstić information content (AvgIpc) is 3.43. The molecule has 5 rings (SSSR count). The van der Waals surface area contributed by atoms with Gasteiger partial charge in [0.15, 0.2) is 0 Å². The summed E-state index contributed by atoms with van der Waals surface area (Å²) in [6.45, 7) is 5.23. The van der Waals surface area contributed by atoms with E-state index in [0.717, 1.165) is 61.7 Å². The average molecular weight is 461 g/mol. The third kappa shape index (κ3) is 4.83. The van der Waals surface area contributed by atoms with E-state index in [1.54, 1.807) is 24.3 Å². The summed E-state index contributed by atoms with van der Waals surface area (Å²) in [5.41, 5.74) is 4.88. The Kier molecular flexibility index (Phi) is 6.87. The lowest BCUT2D eigenvalue weighted by Crippen LogP contribution is -2.52. The van der Waals surface area contributed by atoms with Crippen LogP contribution in [0.1, 0.15) is 28.5 Å². The van der Waals surface area contributed by atoms with Gasteiger partial charge in [-0.1, -0.05) is 12.1 Å². The number of aromatic nitrogens is 5. The number of tetrazole rings is 1. The van der Waals surface area contributed by atoms with Crippen LogP contribution in [0.3, 0.4) is 0 Å². The maximum absolute atomic E-state index is 9.44. The lowest BCUT2D eigenvalue weighted by Gasteiger charge is -2.40. The molecule has 0 saturated carbocycles. The fraction of sp³-hybridized carbons (Fsp3) is 0.458. The highest BCUT2D eigenvalue weighted by Gasteiger charge is 2.29. The maximum Gasteiger partial charge on any atom is 0.143 e. The Hall–Kier alpha value is -3.23. The molecule has 4 heterocycles. The van der Waals surface area contributed by atoms with E-state index < -0.39 is 0 Å². The van der Waals surface area contributed by atoms with Gasteiger partial charge in [0.25, 0.3) is 0 Å². The van der Waals surface area contributed by atoms with Gasteiger partial charge in [0.1, 0.15) is 12.6 Å². The molecule has 1 fully saturated rings. The van der Waals surface area contributed by atoms with E-state index in [2.05, 4.69) is 42.4 Å². The van der Waals surface area contributed by atoms with E-state index in [9.17, 15) is 5.26 Å². The number of nitrogens with zero attached hydrogens (tertiary/aromatic N) is 8. The molecule has 2 aliphatic rings. The van der Waals surface area contributed by atoms with Crippen molar-refractivity contribution in [2.24, 2.45) is 0 Å². The Morgan fingerprint density at radius 3 is 2.79 bits per heavy atom. The number of methoxy groups -OCH3 is 1. The number of hydrogen-bond acceptors (Lipinski definition) is 9. The number of rotatable bonds is 7. The van der Waals surface area contributed by atoms with Gasteiger partial charge in [-0.25, -0.2) is 0 Å². The van der Waals surface area contributed by atoms with Crippen LogP contribution in [0.5, 0.6) is 0 Å². The van der Waals surface area contributed by atoms with E-state index in [0.29, 0.717) is 13.0 Å². The van der Waals surface area contributed by atoms with Crippen molar-refractivity contribution in [3.63, 3.8) is 0 Å². The monoisotopic (exact) mass is 460 g/mol. The number of pyridine rings is 1. The van der Waals surface area contributed by atoms with Gasteiger partial charge in [0, 0.05) is 51.9 Å². The Morgan fingerprint density at radius 1 is 1.21 bits per heavy atom. The zero-order valence-corrected chi connectivity index (χ0v) is 19.2. The molecule has 176 valence electrons. The van der Waals surface area contributed by atoms with Crippen LogP contribution < -0.4 is 0 Å². The van der Waals surface area contributed by atoms with Crippen LogP contribution in [0, 0.1) is 11.3 Å². The van der Waals surface area contributed by atoms with Crippen LogP contribution in [0.25, 0.3) is 5.69 Å². The molecule has 3 aromatic rings. The molecule has 0 radical (unpaired) electrons. The molecule has 0 spiro atoms. The first-order valence-corrected chi connectivity index (χ1v) is 11.6. The summed E-state index contributed by atoms with van der Waals surface area (Å²) in [5, 5.41) is 20.6. The minimum atomic E-state index is -0.0293. The molecule has 1 aromatic carbocycles. The Morgan fingerprint density at radius 2 is 2.09 bits per heavy atom. The van der Waals surface area contributed by atoms with E-state index in [1.165, 1.54) is 5.56 Å². The number of fused-ring (bicyclic) bond motifs is 1. The van der Waals surface area contributed by atoms with Gasteiger partial charge in [-0.3, -0.25) is 14.8 Å². The van der Waals surface area contributed by atoms with Crippen molar-refractivity contribution in [1.29, 1.82) is 5.26 Å². The zero-order valence-electron chi connectivity index (χ0n) is 19.2. The van der Waals surface area contributed by atoms with Gasteiger partial charge in [-0.15, -0.1) is 5.10 Å². The number of ether oxygens (including phenoxy) is 2. The van der Waals surface area contributed by atoms with Crippen LogP contribution in [0.15, 0.2) is 42.9 Å². The first-order chi connectivity index (χ1) is 16.7. The summed E-state index contributed by atoms with van der Waals surface area (Å²) < 4.78 is 13.5. The standard InChI is InChI=1S/C24H28N8O2/c1-33-24(13-19-5-6-20(15-26-19)32-17-27-28-29-32)31-10-8-30(9-11-31)16-23-22-4-2-3-18(14-25)21(22)7-12-34-23/h2-6,15,17,23-24H,7-13,16H2,1H3. The molecule has 2 aliphatic heterocycles. The van der Waals surface area contributed by atoms with Gasteiger partial charge in [0.05, 0.1) is 36.2 Å². The molecule has 2 unspecified atom stereocenters. The molecule has 2 atom stereocenters. The summed E-state index contributed by atoms with van der Waals surface area (Å²) in [7, 11) is 1.76. The number of benzene rings is 1. The summed E-state index contributed by atoms with van der Waals surface area (Å²) in [5.74, 6) is 0. The van der Waals surface area contributed by atoms with Gasteiger partial charge in [-0.05, 0) is 46.2 Å². The molecule has 10 heteroatoms. The second-order valence-corrected chi connectivity index (χ2v) is 8.59. The summed E-state index contributed by atoms with van der Waals surface area (Å²) in [6, 6.07) is 12.3. The van der Waals surface area contributed by atoms with Crippen molar-refractivity contribution in [1.82, 2.24) is 35.0 Å². The molecule has 0 N–H and O–H groups in total. The Balaban J connectivity index is 1.16. The SMILES string of the molecule is COC(Cc1ccc(-n2cnnn2)cn1)N1CCN(CC2OCCc3c(C#N)cccc32)CC1. The first kappa shape index (κ1) is 22.6. The molecule has 34 heavy (non-hydrogen) atoms. The minimum absolute atomic E-state index is 0.0183. The zero-order chi connectivity index (χ0) is 23.3. The summed E-state index contributed by atoms with van der Waals surface area (Å²) in [6.07, 6.45) is 4.83. The largest absolute Gasteiger partial charge is 0.372 e. The highest BCUT2D eigenvalue weighted by Crippen LogP contribution is 2.30. The van der Waals surface area contributed by atoms with Crippen LogP contribution in [-0.4, -0.2) is 87.7 Å². The Labute approximate surface area is 198 Å². The number of hydrogen-bond donors (Lipinski definition) is 0. The van der Waals surface area contributed by atoms with Crippen LogP contribution in [-0.2, 0) is 22.3 Å². The van der Waals surface area contributed by atoms with E-state index in [1.807, 2.05) is 24.3 Å². The minimum Gasteiger partial charge on any atom is -0.372 e. The fourth-order valence-corrected chi connectivity index (χ4v) is 4.80. The topological polar surface area (TPSA) is 105 Å². The van der Waals surface area contributed by atoms with Crippen molar-refractivity contribution < 1.29 is 9.47 Å². The van der Waals surface area contributed by atoms with Gasteiger partial charge >= 0.3 is 0 Å². The van der Waals surface area contributed by atoms with E-state index in [-0.39, 0.29) is 12.3 Å². The summed E-state index contributed by atoms with van der Waals surface area (Å²) in [4.78, 5) is 9.39. The number of nitriles is 1. The van der Waals surface area contributed by atoms with Crippen molar-refractivity contribution in [2.75, 3.05) is 46.4 Å². The van der Waals surface area contributed by atoms with Gasteiger partial charge < -0.3 is 9.47 Å². The van der Waals surface area contributed by atoms with Crippen LogP contribution in [0.4, 0.5) is 0 Å². The molecule has 10 nitrogen and oxygen atoms in total. The van der Waals surface area contributed by atoms with Crippen molar-refractivity contribution >= 4 is 0 Å². The van der Waals surface area contributed by atoms with E-state index >= 15 is 0 Å². The second-order valence-electron chi connectivity index (χ2n) is 8.59. The molecule has 1 saturated heterocycles. The predicted molar refractivity (Wildman–Crippen MR) is 123 cm³/mol. The molecule has 0 bridgehead atoms. The van der Waals surface area contributed by atoms with E-state index in [4.69, 9.17) is 9.47 Å². The van der Waals surface area contributed by atoms with Gasteiger partial charge in [0.2, 0.25) is 0 Å². The molecule has 0 aliphatic carbocycles. The smallest absolute Gasteiger partial charge is 0.143 e. The first-order valence-electron chi connectivity index (χ1n) is 11.6. The van der Waals surface area contributed by atoms with Crippen molar-refractivity contribution in [3.8, 4) is 11.8 Å². The highest BCUT2D eigenvalue weighted by atomic mass is 16.5. The number of piperazine rings is 1. The predicted octanol–water partition coefficient (Wildman–Crippen LogP) is 1.38. The quantitative estimate of drug-likeness (QED) is 0.517. The van der Waals surface area contributed by atoms with Crippen LogP contribution >= 0.6 is 0 Å². The van der Waals surface area contributed by atoms with Crippen molar-refractivity contribution in [3.05, 3.63) is 65.2 Å². The fourth-order valence-electron chi connectivity index (χ4n) is 4.80. The molecule has 0 amide bonds. The lowest BCUT2D eigenvalue weighted by molar-refractivity contribution is -0.0616. The Bertz CT molecular complexity index is 1120. The molecule has 2 aromatic heterocycles. The lowest BCUT2D eigenvalue weighted by atomic mass is 9.93. The molecular weight excluding hydrogens is 432 g/mol. The third-order valence-corrected chi connectivity index (χ3v) is 6.67. The normalized spacial score (nSPS) is 19.9. The van der Waals surface area contributed by atoms with Gasteiger partial charge in [-0.2, -0.15) is 9.94 Å². The van der Waals surface area contributed by atoms with Crippen LogP contribution in [0.2, 0.25) is 0 Å².